The topological polar surface area (TPSA) is 124 Å². The summed E-state index contributed by atoms with van der Waals surface area (Å²) in [6.45, 7) is -0.914. The number of ether oxygens (including phenoxy) is 2. The van der Waals surface area contributed by atoms with Crippen LogP contribution in [0.3, 0.4) is 0 Å². The van der Waals surface area contributed by atoms with Gasteiger partial charge in [-0.15, -0.1) is 0 Å². The van der Waals surface area contributed by atoms with Crippen molar-refractivity contribution in [1.82, 2.24) is 5.32 Å². The summed E-state index contributed by atoms with van der Waals surface area (Å²) < 4.78 is 15.2. The van der Waals surface area contributed by atoms with Crippen molar-refractivity contribution in [3.63, 3.8) is 0 Å². The molecule has 9 nitrogen and oxygen atoms in total. The van der Waals surface area contributed by atoms with E-state index in [2.05, 4.69) is 10.6 Å². The molecule has 2 aromatic carbocycles. The summed E-state index contributed by atoms with van der Waals surface area (Å²) in [4.78, 5) is 46.4. The van der Waals surface area contributed by atoms with E-state index < -0.39 is 30.7 Å². The molecule has 0 aliphatic heterocycles. The summed E-state index contributed by atoms with van der Waals surface area (Å²) in [5.74, 6) is -1.21. The number of rotatable bonds is 7. The van der Waals surface area contributed by atoms with Gasteiger partial charge in [-0.3, -0.25) is 9.59 Å². The number of hydrogen-bond donors (Lipinski definition) is 2. The van der Waals surface area contributed by atoms with E-state index >= 15 is 0 Å². The monoisotopic (exact) mass is 410 g/mol. The van der Waals surface area contributed by atoms with Crippen LogP contribution in [0, 0.1) is 0 Å². The van der Waals surface area contributed by atoms with Crippen molar-refractivity contribution in [3.8, 4) is 5.75 Å². The highest BCUT2D eigenvalue weighted by Crippen LogP contribution is 2.19. The first-order valence-electron chi connectivity index (χ1n) is 8.89. The van der Waals surface area contributed by atoms with E-state index in [0.717, 1.165) is 0 Å². The Morgan fingerprint density at radius 2 is 1.70 bits per heavy atom. The molecule has 0 aliphatic rings. The SMILES string of the molecule is CNC(=O)c1ccc(NC(=O)COC(=O)COc2ccc3ccc(=O)oc3c2)cc1. The number of carbonyl (C=O) groups is 3. The molecule has 0 fully saturated rings. The molecule has 0 saturated carbocycles. The van der Waals surface area contributed by atoms with Crippen molar-refractivity contribution in [3.05, 3.63) is 70.6 Å². The van der Waals surface area contributed by atoms with E-state index in [1.165, 1.54) is 19.2 Å². The highest BCUT2D eigenvalue weighted by molar-refractivity contribution is 5.96. The predicted molar refractivity (Wildman–Crippen MR) is 107 cm³/mol. The number of anilines is 1. The van der Waals surface area contributed by atoms with Gasteiger partial charge in [0.25, 0.3) is 11.8 Å². The minimum atomic E-state index is -0.741. The second kappa shape index (κ2) is 9.37. The van der Waals surface area contributed by atoms with Crippen LogP contribution in [0.4, 0.5) is 5.69 Å². The maximum atomic E-state index is 11.9. The number of carbonyl (C=O) groups excluding carboxylic acids is 3. The summed E-state index contributed by atoms with van der Waals surface area (Å²) in [7, 11) is 1.52. The fourth-order valence-electron chi connectivity index (χ4n) is 2.51. The molecule has 2 N–H and O–H groups in total. The van der Waals surface area contributed by atoms with Crippen LogP contribution in [0.2, 0.25) is 0 Å². The molecule has 3 aromatic rings. The van der Waals surface area contributed by atoms with E-state index in [1.54, 1.807) is 42.5 Å². The second-order valence-electron chi connectivity index (χ2n) is 6.11. The second-order valence-corrected chi connectivity index (χ2v) is 6.11. The van der Waals surface area contributed by atoms with E-state index in [0.29, 0.717) is 28.0 Å². The Kier molecular flexibility index (Phi) is 6.43. The Balaban J connectivity index is 1.45. The van der Waals surface area contributed by atoms with Gasteiger partial charge in [0, 0.05) is 35.8 Å². The lowest BCUT2D eigenvalue weighted by molar-refractivity contribution is -0.149. The summed E-state index contributed by atoms with van der Waals surface area (Å²) >= 11 is 0. The van der Waals surface area contributed by atoms with Crippen molar-refractivity contribution >= 4 is 34.4 Å². The fraction of sp³-hybridized carbons (Fsp3) is 0.143. The van der Waals surface area contributed by atoms with Crippen LogP contribution in [-0.2, 0) is 14.3 Å². The van der Waals surface area contributed by atoms with Crippen LogP contribution in [0.25, 0.3) is 11.0 Å². The Morgan fingerprint density at radius 1 is 0.967 bits per heavy atom. The Labute approximate surface area is 170 Å². The number of fused-ring (bicyclic) bond motifs is 1. The largest absolute Gasteiger partial charge is 0.482 e. The predicted octanol–water partition coefficient (Wildman–Crippen LogP) is 1.71. The molecule has 0 saturated heterocycles. The first-order valence-corrected chi connectivity index (χ1v) is 8.89. The van der Waals surface area contributed by atoms with E-state index in [-0.39, 0.29) is 5.91 Å². The third-order valence-electron chi connectivity index (χ3n) is 3.97. The van der Waals surface area contributed by atoms with Gasteiger partial charge in [-0.25, -0.2) is 9.59 Å². The molecule has 0 radical (unpaired) electrons. The number of hydrogen-bond acceptors (Lipinski definition) is 7. The maximum absolute atomic E-state index is 11.9. The number of amides is 2. The summed E-state index contributed by atoms with van der Waals surface area (Å²) in [5, 5.41) is 5.76. The van der Waals surface area contributed by atoms with Crippen LogP contribution in [0.15, 0.2) is 63.8 Å². The van der Waals surface area contributed by atoms with E-state index in [9.17, 15) is 19.2 Å². The molecule has 2 amide bonds. The lowest BCUT2D eigenvalue weighted by Gasteiger charge is -2.08. The number of benzene rings is 2. The van der Waals surface area contributed by atoms with Gasteiger partial charge in [-0.2, -0.15) is 0 Å². The first kappa shape index (κ1) is 20.6. The van der Waals surface area contributed by atoms with Gasteiger partial charge in [0.15, 0.2) is 13.2 Å². The van der Waals surface area contributed by atoms with Crippen molar-refractivity contribution in [2.75, 3.05) is 25.6 Å². The molecule has 0 aliphatic carbocycles. The van der Waals surface area contributed by atoms with Gasteiger partial charge in [0.1, 0.15) is 11.3 Å². The van der Waals surface area contributed by atoms with Crippen molar-refractivity contribution < 1.29 is 28.3 Å². The number of esters is 1. The molecule has 154 valence electrons. The molecule has 0 bridgehead atoms. The van der Waals surface area contributed by atoms with Crippen LogP contribution < -0.4 is 21.0 Å². The van der Waals surface area contributed by atoms with Gasteiger partial charge < -0.3 is 24.5 Å². The highest BCUT2D eigenvalue weighted by atomic mass is 16.6. The van der Waals surface area contributed by atoms with Gasteiger partial charge >= 0.3 is 11.6 Å². The molecule has 0 atom stereocenters. The molecule has 1 aromatic heterocycles. The van der Waals surface area contributed by atoms with Crippen molar-refractivity contribution in [1.29, 1.82) is 0 Å². The van der Waals surface area contributed by atoms with Gasteiger partial charge in [0.05, 0.1) is 0 Å². The van der Waals surface area contributed by atoms with E-state index in [4.69, 9.17) is 13.9 Å². The Hall–Kier alpha value is -4.14. The molecule has 3 rings (SSSR count). The van der Waals surface area contributed by atoms with Crippen LogP contribution in [0.5, 0.6) is 5.75 Å². The molecule has 30 heavy (non-hydrogen) atoms. The van der Waals surface area contributed by atoms with Crippen molar-refractivity contribution in [2.45, 2.75) is 0 Å². The maximum Gasteiger partial charge on any atom is 0.344 e. The molecule has 0 unspecified atom stereocenters. The molecular weight excluding hydrogens is 392 g/mol. The molecule has 0 spiro atoms. The standard InChI is InChI=1S/C21H18N2O7/c1-22-21(27)14-2-6-15(7-3-14)23-18(24)11-29-20(26)12-28-16-8-4-13-5-9-19(25)30-17(13)10-16/h2-10H,11-12H2,1H3,(H,22,27)(H,23,24). The van der Waals surface area contributed by atoms with Gasteiger partial charge in [-0.05, 0) is 42.5 Å². The van der Waals surface area contributed by atoms with Gasteiger partial charge in [-0.1, -0.05) is 0 Å². The third kappa shape index (κ3) is 5.44. The first-order chi connectivity index (χ1) is 14.4. The van der Waals surface area contributed by atoms with E-state index in [1.807, 2.05) is 0 Å². The van der Waals surface area contributed by atoms with Crippen molar-refractivity contribution in [2.24, 2.45) is 0 Å². The molecular formula is C21H18N2O7. The average Bonchev–Trinajstić information content (AvgIpc) is 2.76. The zero-order chi connectivity index (χ0) is 21.5. The average molecular weight is 410 g/mol. The Bertz CT molecular complexity index is 1140. The van der Waals surface area contributed by atoms with Crippen LogP contribution in [0.1, 0.15) is 10.4 Å². The Morgan fingerprint density at radius 3 is 2.43 bits per heavy atom. The van der Waals surface area contributed by atoms with Crippen LogP contribution >= 0.6 is 0 Å². The lowest BCUT2D eigenvalue weighted by Crippen LogP contribution is -2.23. The summed E-state index contributed by atoms with van der Waals surface area (Å²) in [5.41, 5.74) is 0.744. The quantitative estimate of drug-likeness (QED) is 0.449. The molecule has 1 heterocycles. The van der Waals surface area contributed by atoms with Gasteiger partial charge in [0.2, 0.25) is 0 Å². The third-order valence-corrected chi connectivity index (χ3v) is 3.97. The molecule has 9 heteroatoms. The minimum Gasteiger partial charge on any atom is -0.482 e. The lowest BCUT2D eigenvalue weighted by atomic mass is 10.2. The van der Waals surface area contributed by atoms with Crippen LogP contribution in [-0.4, -0.2) is 38.0 Å². The smallest absolute Gasteiger partial charge is 0.344 e. The summed E-state index contributed by atoms with van der Waals surface area (Å²) in [6.07, 6.45) is 0. The fourth-order valence-corrected chi connectivity index (χ4v) is 2.51. The minimum absolute atomic E-state index is 0.240. The zero-order valence-corrected chi connectivity index (χ0v) is 16.0. The summed E-state index contributed by atoms with van der Waals surface area (Å²) in [6, 6.07) is 13.9. The zero-order valence-electron chi connectivity index (χ0n) is 16.0. The number of nitrogens with one attached hydrogen (secondary N) is 2. The highest BCUT2D eigenvalue weighted by Gasteiger charge is 2.10. The normalized spacial score (nSPS) is 10.3.